The number of hydrogen-bond acceptors (Lipinski definition) is 4. The van der Waals surface area contributed by atoms with E-state index in [4.69, 9.17) is 4.42 Å². The minimum Gasteiger partial charge on any atom is -0.469 e. The topological polar surface area (TPSA) is 89.1 Å². The van der Waals surface area contributed by atoms with Gasteiger partial charge in [0.05, 0.1) is 22.3 Å². The molecule has 0 bridgehead atoms. The Morgan fingerprint density at radius 2 is 2.14 bits per heavy atom. The van der Waals surface area contributed by atoms with Crippen molar-refractivity contribution in [1.82, 2.24) is 4.98 Å². The lowest BCUT2D eigenvalue weighted by Gasteiger charge is -1.99. The molecule has 0 fully saturated rings. The molecule has 2 heterocycles. The van der Waals surface area contributed by atoms with Crippen LogP contribution in [0.5, 0.6) is 0 Å². The van der Waals surface area contributed by atoms with E-state index < -0.39 is 4.92 Å². The van der Waals surface area contributed by atoms with Crippen LogP contribution in [0.1, 0.15) is 28.6 Å². The average molecular weight is 284 g/mol. The fourth-order valence-corrected chi connectivity index (χ4v) is 2.38. The summed E-state index contributed by atoms with van der Waals surface area (Å²) in [5, 5.41) is 11.4. The van der Waals surface area contributed by atoms with Crippen molar-refractivity contribution in [2.75, 3.05) is 0 Å². The highest BCUT2D eigenvalue weighted by molar-refractivity contribution is 6.16. The lowest BCUT2D eigenvalue weighted by atomic mass is 10.0. The van der Waals surface area contributed by atoms with Crippen molar-refractivity contribution in [3.8, 4) is 0 Å². The third-order valence-corrected chi connectivity index (χ3v) is 3.43. The molecule has 0 spiro atoms. The maximum absolute atomic E-state index is 12.6. The van der Waals surface area contributed by atoms with Gasteiger partial charge in [-0.3, -0.25) is 14.9 Å². The first-order chi connectivity index (χ1) is 10.1. The molecule has 0 amide bonds. The zero-order chi connectivity index (χ0) is 15.0. The Morgan fingerprint density at radius 3 is 2.86 bits per heavy atom. The number of furan rings is 1. The number of non-ortho nitro benzene ring substituents is 1. The summed E-state index contributed by atoms with van der Waals surface area (Å²) in [6.07, 6.45) is 3.69. The lowest BCUT2D eigenvalue weighted by molar-refractivity contribution is -0.384. The Labute approximate surface area is 119 Å². The second-order valence-electron chi connectivity index (χ2n) is 4.63. The zero-order valence-electron chi connectivity index (χ0n) is 11.3. The number of nitrogens with zero attached hydrogens (tertiary/aromatic N) is 1. The molecule has 2 aromatic heterocycles. The number of carbonyl (C=O) groups is 1. The summed E-state index contributed by atoms with van der Waals surface area (Å²) in [7, 11) is 0. The van der Waals surface area contributed by atoms with Crippen molar-refractivity contribution in [2.45, 2.75) is 13.3 Å². The monoisotopic (exact) mass is 284 g/mol. The van der Waals surface area contributed by atoms with Gasteiger partial charge in [-0.15, -0.1) is 0 Å². The molecule has 6 heteroatoms. The number of nitro groups is 1. The predicted molar refractivity (Wildman–Crippen MR) is 76.5 cm³/mol. The van der Waals surface area contributed by atoms with Crippen LogP contribution < -0.4 is 0 Å². The highest BCUT2D eigenvalue weighted by Gasteiger charge is 2.19. The molecular formula is C15H12N2O4. The number of nitrogens with one attached hydrogen (secondary N) is 1. The number of ketones is 1. The second kappa shape index (κ2) is 4.90. The number of rotatable bonds is 4. The molecule has 0 saturated heterocycles. The summed E-state index contributed by atoms with van der Waals surface area (Å²) in [4.78, 5) is 25.8. The van der Waals surface area contributed by atoms with Gasteiger partial charge in [-0.25, -0.2) is 0 Å². The first-order valence-electron chi connectivity index (χ1n) is 6.48. The van der Waals surface area contributed by atoms with E-state index in [0.29, 0.717) is 34.2 Å². The molecule has 0 aliphatic rings. The molecule has 3 rings (SSSR count). The molecule has 106 valence electrons. The first kappa shape index (κ1) is 13.1. The van der Waals surface area contributed by atoms with Gasteiger partial charge in [0, 0.05) is 35.7 Å². The van der Waals surface area contributed by atoms with Crippen LogP contribution in [-0.2, 0) is 6.42 Å². The highest BCUT2D eigenvalue weighted by atomic mass is 16.6. The Balaban J connectivity index is 2.09. The van der Waals surface area contributed by atoms with E-state index in [-0.39, 0.29) is 11.5 Å². The predicted octanol–water partition coefficient (Wildman–Crippen LogP) is 3.46. The van der Waals surface area contributed by atoms with E-state index in [1.807, 2.05) is 6.92 Å². The minimum absolute atomic E-state index is 0.0130. The third-order valence-electron chi connectivity index (χ3n) is 3.43. The van der Waals surface area contributed by atoms with Crippen LogP contribution in [0.2, 0.25) is 0 Å². The molecule has 1 N–H and O–H groups in total. The number of aromatic amines is 1. The van der Waals surface area contributed by atoms with E-state index in [2.05, 4.69) is 4.98 Å². The fraction of sp³-hybridized carbons (Fsp3) is 0.133. The van der Waals surface area contributed by atoms with Crippen LogP contribution in [-0.4, -0.2) is 15.7 Å². The third kappa shape index (κ3) is 2.10. The Bertz CT molecular complexity index is 844. The quantitative estimate of drug-likeness (QED) is 0.451. The summed E-state index contributed by atoms with van der Waals surface area (Å²) < 4.78 is 5.28. The molecule has 0 radical (unpaired) electrons. The minimum atomic E-state index is -0.465. The molecule has 0 saturated carbocycles. The fourth-order valence-electron chi connectivity index (χ4n) is 2.38. The van der Waals surface area contributed by atoms with Crippen LogP contribution in [0.3, 0.4) is 0 Å². The average Bonchev–Trinajstić information content (AvgIpc) is 3.12. The van der Waals surface area contributed by atoms with Gasteiger partial charge in [0.25, 0.3) is 5.69 Å². The number of hydrogen-bond donors (Lipinski definition) is 1. The van der Waals surface area contributed by atoms with Crippen molar-refractivity contribution >= 4 is 22.4 Å². The van der Waals surface area contributed by atoms with Gasteiger partial charge in [0.1, 0.15) is 5.76 Å². The van der Waals surface area contributed by atoms with E-state index >= 15 is 0 Å². The van der Waals surface area contributed by atoms with E-state index in [1.165, 1.54) is 18.4 Å². The van der Waals surface area contributed by atoms with Crippen molar-refractivity contribution in [3.05, 3.63) is 63.7 Å². The Kier molecular flexibility index (Phi) is 3.06. The SMILES string of the molecule is CCc1occc1C(=O)c1c[nH]c2cc([N+](=O)[O-])ccc12. The standard InChI is InChI=1S/C15H12N2O4/c1-2-14-11(5-6-21-14)15(18)12-8-16-13-7-9(17(19)20)3-4-10(12)13/h3-8,16H,2H2,1H3. The van der Waals surface area contributed by atoms with E-state index in [9.17, 15) is 14.9 Å². The second-order valence-corrected chi connectivity index (χ2v) is 4.63. The Morgan fingerprint density at radius 1 is 1.33 bits per heavy atom. The number of carbonyl (C=O) groups excluding carboxylic acids is 1. The van der Waals surface area contributed by atoms with Gasteiger partial charge in [-0.2, -0.15) is 0 Å². The summed E-state index contributed by atoms with van der Waals surface area (Å²) >= 11 is 0. The summed E-state index contributed by atoms with van der Waals surface area (Å²) in [5.41, 5.74) is 1.56. The van der Waals surface area contributed by atoms with Crippen molar-refractivity contribution in [3.63, 3.8) is 0 Å². The highest BCUT2D eigenvalue weighted by Crippen LogP contribution is 2.26. The molecule has 0 unspecified atom stereocenters. The number of aromatic nitrogens is 1. The van der Waals surface area contributed by atoms with E-state index in [0.717, 1.165) is 0 Å². The van der Waals surface area contributed by atoms with Gasteiger partial charge >= 0.3 is 0 Å². The molecule has 21 heavy (non-hydrogen) atoms. The number of H-pyrrole nitrogens is 1. The molecule has 0 atom stereocenters. The molecule has 6 nitrogen and oxygen atoms in total. The van der Waals surface area contributed by atoms with Crippen LogP contribution in [0.15, 0.2) is 41.1 Å². The van der Waals surface area contributed by atoms with E-state index in [1.54, 1.807) is 18.3 Å². The molecule has 1 aromatic carbocycles. The van der Waals surface area contributed by atoms with Crippen molar-refractivity contribution in [2.24, 2.45) is 0 Å². The van der Waals surface area contributed by atoms with Crippen molar-refractivity contribution in [1.29, 1.82) is 0 Å². The maximum atomic E-state index is 12.6. The first-order valence-corrected chi connectivity index (χ1v) is 6.48. The summed E-state index contributed by atoms with van der Waals surface area (Å²) in [6, 6.07) is 6.04. The number of aryl methyl sites for hydroxylation is 1. The van der Waals surface area contributed by atoms with Gasteiger partial charge in [0.15, 0.2) is 5.78 Å². The lowest BCUT2D eigenvalue weighted by Crippen LogP contribution is -2.01. The van der Waals surface area contributed by atoms with Gasteiger partial charge < -0.3 is 9.40 Å². The molecule has 3 aromatic rings. The maximum Gasteiger partial charge on any atom is 0.271 e. The molecule has 0 aliphatic carbocycles. The summed E-state index contributed by atoms with van der Waals surface area (Å²) in [5.74, 6) is 0.483. The van der Waals surface area contributed by atoms with Crippen LogP contribution >= 0.6 is 0 Å². The number of nitro benzene ring substituents is 1. The zero-order valence-corrected chi connectivity index (χ0v) is 11.3. The largest absolute Gasteiger partial charge is 0.469 e. The number of fused-ring (bicyclic) bond motifs is 1. The molecule has 0 aliphatic heterocycles. The molecular weight excluding hydrogens is 272 g/mol. The normalized spacial score (nSPS) is 10.9. The Hall–Kier alpha value is -2.89. The number of benzene rings is 1. The van der Waals surface area contributed by atoms with Gasteiger partial charge in [0.2, 0.25) is 0 Å². The van der Waals surface area contributed by atoms with Gasteiger partial charge in [-0.05, 0) is 12.1 Å². The smallest absolute Gasteiger partial charge is 0.271 e. The van der Waals surface area contributed by atoms with Gasteiger partial charge in [-0.1, -0.05) is 6.92 Å². The van der Waals surface area contributed by atoms with Crippen LogP contribution in [0.25, 0.3) is 10.9 Å². The van der Waals surface area contributed by atoms with Crippen LogP contribution in [0.4, 0.5) is 5.69 Å². The van der Waals surface area contributed by atoms with Crippen LogP contribution in [0, 0.1) is 10.1 Å². The van der Waals surface area contributed by atoms with Crippen molar-refractivity contribution < 1.29 is 14.1 Å². The summed E-state index contributed by atoms with van der Waals surface area (Å²) in [6.45, 7) is 1.91.